The molecule has 1 fully saturated rings. The smallest absolute Gasteiger partial charge is 0.257 e. The third-order valence-electron chi connectivity index (χ3n) is 3.22. The van der Waals surface area contributed by atoms with E-state index >= 15 is 0 Å². The Balaban J connectivity index is 1.94. The van der Waals surface area contributed by atoms with Crippen LogP contribution in [0.1, 0.15) is 36.0 Å². The van der Waals surface area contributed by atoms with Crippen LogP contribution in [0.3, 0.4) is 0 Å². The Hall–Kier alpha value is -0.940. The molecule has 102 valence electrons. The molecule has 1 aliphatic rings. The molecule has 2 rings (SSSR count). The standard InChI is InChI=1S/C14H17BrN2OS/c15-12-7-5-11(6-8-12)13(18)16-14(19)17-9-3-1-2-4-10-17/h5-8H,1-4,9-10H2,(H,16,18,19). The van der Waals surface area contributed by atoms with Crippen molar-refractivity contribution in [1.82, 2.24) is 10.2 Å². The molecule has 1 aromatic rings. The summed E-state index contributed by atoms with van der Waals surface area (Å²) in [5.74, 6) is -0.137. The first-order valence-electron chi connectivity index (χ1n) is 6.52. The van der Waals surface area contributed by atoms with Crippen molar-refractivity contribution in [2.24, 2.45) is 0 Å². The van der Waals surface area contributed by atoms with Crippen molar-refractivity contribution in [3.8, 4) is 0 Å². The van der Waals surface area contributed by atoms with Crippen molar-refractivity contribution < 1.29 is 4.79 Å². The Morgan fingerprint density at radius 3 is 2.26 bits per heavy atom. The van der Waals surface area contributed by atoms with Crippen molar-refractivity contribution in [2.75, 3.05) is 13.1 Å². The Morgan fingerprint density at radius 2 is 1.68 bits per heavy atom. The van der Waals surface area contributed by atoms with Crippen LogP contribution in [0.25, 0.3) is 0 Å². The Bertz CT molecular complexity index is 453. The van der Waals surface area contributed by atoms with Gasteiger partial charge in [-0.15, -0.1) is 0 Å². The number of nitrogens with one attached hydrogen (secondary N) is 1. The lowest BCUT2D eigenvalue weighted by molar-refractivity contribution is 0.0973. The molecule has 19 heavy (non-hydrogen) atoms. The van der Waals surface area contributed by atoms with Crippen LogP contribution in [-0.4, -0.2) is 29.0 Å². The number of amides is 1. The summed E-state index contributed by atoms with van der Waals surface area (Å²) in [6.07, 6.45) is 4.79. The number of likely N-dealkylation sites (tertiary alicyclic amines) is 1. The fourth-order valence-corrected chi connectivity index (χ4v) is 2.66. The van der Waals surface area contributed by atoms with E-state index in [0.717, 1.165) is 30.4 Å². The molecular weight excluding hydrogens is 324 g/mol. The summed E-state index contributed by atoms with van der Waals surface area (Å²) in [5, 5.41) is 3.37. The van der Waals surface area contributed by atoms with Crippen LogP contribution in [0.5, 0.6) is 0 Å². The van der Waals surface area contributed by atoms with E-state index in [-0.39, 0.29) is 5.91 Å². The molecule has 0 atom stereocenters. The van der Waals surface area contributed by atoms with Crippen LogP contribution in [0.4, 0.5) is 0 Å². The molecule has 1 aliphatic heterocycles. The van der Waals surface area contributed by atoms with E-state index in [1.807, 2.05) is 12.1 Å². The van der Waals surface area contributed by atoms with E-state index in [9.17, 15) is 4.79 Å². The number of hydrogen-bond acceptors (Lipinski definition) is 2. The summed E-state index contributed by atoms with van der Waals surface area (Å²) in [6, 6.07) is 7.27. The predicted molar refractivity (Wildman–Crippen MR) is 84.2 cm³/mol. The number of carbonyl (C=O) groups excluding carboxylic acids is 1. The molecule has 1 N–H and O–H groups in total. The van der Waals surface area contributed by atoms with Crippen molar-refractivity contribution >= 4 is 39.2 Å². The fourth-order valence-electron chi connectivity index (χ4n) is 2.12. The zero-order valence-electron chi connectivity index (χ0n) is 10.7. The molecule has 3 nitrogen and oxygen atoms in total. The van der Waals surface area contributed by atoms with Gasteiger partial charge in [-0.2, -0.15) is 0 Å². The van der Waals surface area contributed by atoms with E-state index in [2.05, 4.69) is 26.1 Å². The molecule has 0 bridgehead atoms. The van der Waals surface area contributed by atoms with Gasteiger partial charge < -0.3 is 4.90 Å². The van der Waals surface area contributed by atoms with Gasteiger partial charge in [0.2, 0.25) is 0 Å². The number of thiocarbonyl (C=S) groups is 1. The second-order valence-electron chi connectivity index (χ2n) is 4.67. The minimum Gasteiger partial charge on any atom is -0.349 e. The van der Waals surface area contributed by atoms with Gasteiger partial charge in [-0.3, -0.25) is 10.1 Å². The van der Waals surface area contributed by atoms with Gasteiger partial charge in [0.05, 0.1) is 0 Å². The lowest BCUT2D eigenvalue weighted by Gasteiger charge is -2.23. The molecule has 1 aromatic carbocycles. The predicted octanol–water partition coefficient (Wildman–Crippen LogP) is 3.34. The molecule has 1 heterocycles. The number of carbonyl (C=O) groups is 1. The Labute approximate surface area is 127 Å². The van der Waals surface area contributed by atoms with E-state index in [0.29, 0.717) is 10.7 Å². The monoisotopic (exact) mass is 340 g/mol. The van der Waals surface area contributed by atoms with E-state index < -0.39 is 0 Å². The molecule has 0 aromatic heterocycles. The summed E-state index contributed by atoms with van der Waals surface area (Å²) >= 11 is 8.67. The van der Waals surface area contributed by atoms with E-state index in [1.54, 1.807) is 12.1 Å². The minimum absolute atomic E-state index is 0.137. The van der Waals surface area contributed by atoms with Crippen LogP contribution >= 0.6 is 28.1 Å². The van der Waals surface area contributed by atoms with Gasteiger partial charge in [0.25, 0.3) is 5.91 Å². The molecule has 1 amide bonds. The average molecular weight is 341 g/mol. The topological polar surface area (TPSA) is 32.3 Å². The maximum absolute atomic E-state index is 12.1. The van der Waals surface area contributed by atoms with E-state index in [1.165, 1.54) is 12.8 Å². The SMILES string of the molecule is O=C(NC(=S)N1CCCCCC1)c1ccc(Br)cc1. The third kappa shape index (κ3) is 4.28. The molecule has 0 spiro atoms. The fraction of sp³-hybridized carbons (Fsp3) is 0.429. The second kappa shape index (κ2) is 7.01. The number of benzene rings is 1. The average Bonchev–Trinajstić information content (AvgIpc) is 2.68. The van der Waals surface area contributed by atoms with E-state index in [4.69, 9.17) is 12.2 Å². The highest BCUT2D eigenvalue weighted by Gasteiger charge is 2.15. The van der Waals surface area contributed by atoms with Gasteiger partial charge in [0.15, 0.2) is 5.11 Å². The highest BCUT2D eigenvalue weighted by atomic mass is 79.9. The highest BCUT2D eigenvalue weighted by Crippen LogP contribution is 2.12. The van der Waals surface area contributed by atoms with Crippen molar-refractivity contribution in [3.05, 3.63) is 34.3 Å². The first kappa shape index (κ1) is 14.5. The summed E-state index contributed by atoms with van der Waals surface area (Å²) in [5.41, 5.74) is 0.625. The maximum atomic E-state index is 12.1. The summed E-state index contributed by atoms with van der Waals surface area (Å²) < 4.78 is 0.958. The summed E-state index contributed by atoms with van der Waals surface area (Å²) in [6.45, 7) is 1.89. The minimum atomic E-state index is -0.137. The lowest BCUT2D eigenvalue weighted by atomic mass is 10.2. The van der Waals surface area contributed by atoms with Crippen molar-refractivity contribution in [1.29, 1.82) is 0 Å². The maximum Gasteiger partial charge on any atom is 0.257 e. The largest absolute Gasteiger partial charge is 0.349 e. The van der Waals surface area contributed by atoms with Gasteiger partial charge in [-0.25, -0.2) is 0 Å². The first-order valence-corrected chi connectivity index (χ1v) is 7.73. The summed E-state index contributed by atoms with van der Waals surface area (Å²) in [7, 11) is 0. The molecule has 0 aliphatic carbocycles. The molecule has 1 saturated heterocycles. The zero-order valence-corrected chi connectivity index (χ0v) is 13.1. The number of hydrogen-bond donors (Lipinski definition) is 1. The van der Waals surface area contributed by atoms with Gasteiger partial charge in [-0.1, -0.05) is 28.8 Å². The quantitative estimate of drug-likeness (QED) is 0.795. The van der Waals surface area contributed by atoms with Crippen molar-refractivity contribution in [3.63, 3.8) is 0 Å². The van der Waals surface area contributed by atoms with Crippen LogP contribution in [0, 0.1) is 0 Å². The summed E-state index contributed by atoms with van der Waals surface area (Å²) in [4.78, 5) is 14.2. The number of rotatable bonds is 1. The number of nitrogens with zero attached hydrogens (tertiary/aromatic N) is 1. The van der Waals surface area contributed by atoms with Crippen LogP contribution in [0.15, 0.2) is 28.7 Å². The lowest BCUT2D eigenvalue weighted by Crippen LogP contribution is -2.43. The molecule has 5 heteroatoms. The van der Waals surface area contributed by atoms with Crippen LogP contribution in [-0.2, 0) is 0 Å². The Morgan fingerprint density at radius 1 is 1.11 bits per heavy atom. The highest BCUT2D eigenvalue weighted by molar-refractivity contribution is 9.10. The van der Waals surface area contributed by atoms with Gasteiger partial charge in [0, 0.05) is 23.1 Å². The van der Waals surface area contributed by atoms with Crippen LogP contribution < -0.4 is 5.32 Å². The van der Waals surface area contributed by atoms with Crippen LogP contribution in [0.2, 0.25) is 0 Å². The number of halogens is 1. The Kier molecular flexibility index (Phi) is 5.34. The molecule has 0 saturated carbocycles. The van der Waals surface area contributed by atoms with Gasteiger partial charge in [0.1, 0.15) is 0 Å². The third-order valence-corrected chi connectivity index (χ3v) is 4.11. The molecule has 0 unspecified atom stereocenters. The zero-order chi connectivity index (χ0) is 13.7. The normalized spacial score (nSPS) is 15.7. The second-order valence-corrected chi connectivity index (χ2v) is 5.97. The first-order chi connectivity index (χ1) is 9.16. The van der Waals surface area contributed by atoms with Gasteiger partial charge >= 0.3 is 0 Å². The van der Waals surface area contributed by atoms with Gasteiger partial charge in [-0.05, 0) is 49.3 Å². The molecule has 0 radical (unpaired) electrons. The van der Waals surface area contributed by atoms with Crippen molar-refractivity contribution in [2.45, 2.75) is 25.7 Å². The molecular formula is C14H17BrN2OS.